The number of aromatic nitrogens is 2. The Morgan fingerprint density at radius 1 is 0.969 bits per heavy atom. The SMILES string of the molecule is Cc1nn(-c2ccccc2)c(Cl)c1/C=C/C(=O)N1CCC(C(=O)N2CCCCCC2)CC1. The number of nitrogens with zero attached hydrogens (tertiary/aromatic N) is 4. The predicted octanol–water partition coefficient (Wildman–Crippen LogP) is 4.49. The zero-order valence-corrected chi connectivity index (χ0v) is 19.4. The zero-order valence-electron chi connectivity index (χ0n) is 18.7. The normalized spacial score (nSPS) is 18.2. The summed E-state index contributed by atoms with van der Waals surface area (Å²) in [6.07, 6.45) is 9.45. The summed E-state index contributed by atoms with van der Waals surface area (Å²) < 4.78 is 1.68. The van der Waals surface area contributed by atoms with E-state index < -0.39 is 0 Å². The molecule has 2 saturated heterocycles. The quantitative estimate of drug-likeness (QED) is 0.639. The first-order chi connectivity index (χ1) is 15.5. The Bertz CT molecular complexity index is 969. The van der Waals surface area contributed by atoms with Gasteiger partial charge in [0.15, 0.2) is 0 Å². The molecule has 0 atom stereocenters. The third-order valence-electron chi connectivity index (χ3n) is 6.51. The number of carbonyl (C=O) groups is 2. The molecule has 4 rings (SSSR count). The Morgan fingerprint density at radius 3 is 2.28 bits per heavy atom. The van der Waals surface area contributed by atoms with Gasteiger partial charge in [-0.15, -0.1) is 0 Å². The lowest BCUT2D eigenvalue weighted by atomic mass is 9.95. The smallest absolute Gasteiger partial charge is 0.246 e. The molecular weight excluding hydrogens is 424 g/mol. The third-order valence-corrected chi connectivity index (χ3v) is 6.88. The Labute approximate surface area is 194 Å². The molecule has 0 N–H and O–H groups in total. The number of hydrogen-bond donors (Lipinski definition) is 0. The second-order valence-electron chi connectivity index (χ2n) is 8.71. The van der Waals surface area contributed by atoms with Crippen molar-refractivity contribution < 1.29 is 9.59 Å². The fourth-order valence-electron chi connectivity index (χ4n) is 4.60. The van der Waals surface area contributed by atoms with E-state index in [1.165, 1.54) is 12.8 Å². The van der Waals surface area contributed by atoms with Gasteiger partial charge >= 0.3 is 0 Å². The van der Waals surface area contributed by atoms with E-state index in [9.17, 15) is 9.59 Å². The topological polar surface area (TPSA) is 58.4 Å². The molecule has 1 aromatic carbocycles. The number of carbonyl (C=O) groups excluding carboxylic acids is 2. The summed E-state index contributed by atoms with van der Waals surface area (Å²) in [5.41, 5.74) is 2.39. The minimum absolute atomic E-state index is 0.0434. The van der Waals surface area contributed by atoms with Gasteiger partial charge in [-0.2, -0.15) is 5.10 Å². The summed E-state index contributed by atoms with van der Waals surface area (Å²) >= 11 is 6.55. The van der Waals surface area contributed by atoms with E-state index in [4.69, 9.17) is 11.6 Å². The zero-order chi connectivity index (χ0) is 22.5. The number of amides is 2. The minimum Gasteiger partial charge on any atom is -0.342 e. The molecule has 2 aliphatic rings. The van der Waals surface area contributed by atoms with E-state index in [0.717, 1.165) is 55.7 Å². The van der Waals surface area contributed by atoms with Crippen LogP contribution in [-0.4, -0.2) is 57.6 Å². The fourth-order valence-corrected chi connectivity index (χ4v) is 4.93. The largest absolute Gasteiger partial charge is 0.342 e. The van der Waals surface area contributed by atoms with Gasteiger partial charge in [0.25, 0.3) is 0 Å². The van der Waals surface area contributed by atoms with Crippen LogP contribution < -0.4 is 0 Å². The summed E-state index contributed by atoms with van der Waals surface area (Å²) in [7, 11) is 0. The maximum atomic E-state index is 12.9. The van der Waals surface area contributed by atoms with E-state index in [1.54, 1.807) is 16.8 Å². The molecule has 6 nitrogen and oxygen atoms in total. The summed E-state index contributed by atoms with van der Waals surface area (Å²) in [4.78, 5) is 29.5. The number of likely N-dealkylation sites (tertiary alicyclic amines) is 2. The Morgan fingerprint density at radius 2 is 1.62 bits per heavy atom. The van der Waals surface area contributed by atoms with Crippen LogP contribution in [-0.2, 0) is 9.59 Å². The highest BCUT2D eigenvalue weighted by Gasteiger charge is 2.30. The number of aryl methyl sites for hydroxylation is 1. The number of rotatable bonds is 4. The van der Waals surface area contributed by atoms with Crippen LogP contribution in [0.25, 0.3) is 11.8 Å². The van der Waals surface area contributed by atoms with Gasteiger partial charge < -0.3 is 9.80 Å². The Kier molecular flexibility index (Phi) is 7.30. The van der Waals surface area contributed by atoms with Gasteiger partial charge in [-0.25, -0.2) is 4.68 Å². The summed E-state index contributed by atoms with van der Waals surface area (Å²) in [5, 5.41) is 5.00. The second kappa shape index (κ2) is 10.3. The number of hydrogen-bond acceptors (Lipinski definition) is 3. The molecule has 2 aromatic rings. The molecule has 2 aliphatic heterocycles. The summed E-state index contributed by atoms with van der Waals surface area (Å²) in [6.45, 7) is 4.89. The van der Waals surface area contributed by atoms with Crippen LogP contribution in [0.2, 0.25) is 5.15 Å². The summed E-state index contributed by atoms with van der Waals surface area (Å²) in [5.74, 6) is 0.279. The standard InChI is InChI=1S/C25H31ClN4O2/c1-19-22(24(26)30(27-19)21-9-5-4-6-10-21)11-12-23(31)28-17-13-20(14-18-28)25(32)29-15-7-2-3-8-16-29/h4-6,9-12,20H,2-3,7-8,13-18H2,1H3/b12-11+. The van der Waals surface area contributed by atoms with E-state index in [1.807, 2.05) is 47.1 Å². The first-order valence-corrected chi connectivity index (χ1v) is 12.0. The van der Waals surface area contributed by atoms with Crippen LogP contribution >= 0.6 is 11.6 Å². The van der Waals surface area contributed by atoms with Crippen molar-refractivity contribution in [3.05, 3.63) is 52.8 Å². The van der Waals surface area contributed by atoms with Gasteiger partial charge in [0.2, 0.25) is 11.8 Å². The number of para-hydroxylation sites is 1. The van der Waals surface area contributed by atoms with Crippen molar-refractivity contribution in [3.8, 4) is 5.69 Å². The highest BCUT2D eigenvalue weighted by atomic mass is 35.5. The van der Waals surface area contributed by atoms with Crippen LogP contribution in [0.5, 0.6) is 0 Å². The molecule has 7 heteroatoms. The van der Waals surface area contributed by atoms with Crippen LogP contribution in [0.15, 0.2) is 36.4 Å². The molecule has 0 bridgehead atoms. The number of benzene rings is 1. The van der Waals surface area contributed by atoms with Gasteiger partial charge in [-0.05, 0) is 50.8 Å². The molecule has 3 heterocycles. The first-order valence-electron chi connectivity index (χ1n) is 11.6. The van der Waals surface area contributed by atoms with Crippen molar-refractivity contribution in [2.24, 2.45) is 5.92 Å². The van der Waals surface area contributed by atoms with Crippen LogP contribution in [0.3, 0.4) is 0 Å². The van der Waals surface area contributed by atoms with E-state index in [-0.39, 0.29) is 17.7 Å². The van der Waals surface area contributed by atoms with Crippen LogP contribution in [0, 0.1) is 12.8 Å². The molecule has 170 valence electrons. The number of halogens is 1. The van der Waals surface area contributed by atoms with Crippen molar-refractivity contribution in [1.29, 1.82) is 0 Å². The van der Waals surface area contributed by atoms with Gasteiger partial charge in [-0.3, -0.25) is 9.59 Å². The minimum atomic E-state index is -0.0476. The highest BCUT2D eigenvalue weighted by molar-refractivity contribution is 6.31. The van der Waals surface area contributed by atoms with E-state index >= 15 is 0 Å². The monoisotopic (exact) mass is 454 g/mol. The maximum absolute atomic E-state index is 12.9. The molecule has 2 fully saturated rings. The molecule has 0 aliphatic carbocycles. The van der Waals surface area contributed by atoms with E-state index in [0.29, 0.717) is 18.2 Å². The molecule has 0 unspecified atom stereocenters. The lowest BCUT2D eigenvalue weighted by Gasteiger charge is -2.33. The van der Waals surface area contributed by atoms with Crippen molar-refractivity contribution in [2.45, 2.75) is 45.4 Å². The van der Waals surface area contributed by atoms with E-state index in [2.05, 4.69) is 5.10 Å². The first kappa shape index (κ1) is 22.6. The van der Waals surface area contributed by atoms with Crippen LogP contribution in [0.4, 0.5) is 0 Å². The van der Waals surface area contributed by atoms with Crippen molar-refractivity contribution in [1.82, 2.24) is 19.6 Å². The molecule has 0 spiro atoms. The van der Waals surface area contributed by atoms with Crippen molar-refractivity contribution >= 4 is 29.5 Å². The number of piperidine rings is 1. The predicted molar refractivity (Wildman–Crippen MR) is 127 cm³/mol. The Hall–Kier alpha value is -2.60. The third kappa shape index (κ3) is 5.07. The fraction of sp³-hybridized carbons (Fsp3) is 0.480. The molecule has 0 radical (unpaired) electrons. The molecule has 0 saturated carbocycles. The van der Waals surface area contributed by atoms with Crippen molar-refractivity contribution in [2.75, 3.05) is 26.2 Å². The van der Waals surface area contributed by atoms with Gasteiger partial charge in [0, 0.05) is 43.7 Å². The molecule has 2 amide bonds. The molecular formula is C25H31ClN4O2. The lowest BCUT2D eigenvalue weighted by Crippen LogP contribution is -2.44. The van der Waals surface area contributed by atoms with Crippen molar-refractivity contribution in [3.63, 3.8) is 0 Å². The average Bonchev–Trinajstić information content (AvgIpc) is 3.00. The lowest BCUT2D eigenvalue weighted by molar-refractivity contribution is -0.139. The maximum Gasteiger partial charge on any atom is 0.246 e. The van der Waals surface area contributed by atoms with Gasteiger partial charge in [-0.1, -0.05) is 42.6 Å². The molecule has 1 aromatic heterocycles. The average molecular weight is 455 g/mol. The summed E-state index contributed by atoms with van der Waals surface area (Å²) in [6, 6.07) is 9.69. The Balaban J connectivity index is 1.35. The van der Waals surface area contributed by atoms with Gasteiger partial charge in [0.1, 0.15) is 5.15 Å². The van der Waals surface area contributed by atoms with Gasteiger partial charge in [0.05, 0.1) is 11.4 Å². The molecule has 32 heavy (non-hydrogen) atoms. The second-order valence-corrected chi connectivity index (χ2v) is 9.07. The highest BCUT2D eigenvalue weighted by Crippen LogP contribution is 2.26. The van der Waals surface area contributed by atoms with Crippen LogP contribution in [0.1, 0.15) is 49.8 Å².